The first-order valence-electron chi connectivity index (χ1n) is 8.94. The number of aryl methyl sites for hydroxylation is 1. The highest BCUT2D eigenvalue weighted by molar-refractivity contribution is 6.05. The minimum absolute atomic E-state index is 0.153. The lowest BCUT2D eigenvalue weighted by Crippen LogP contribution is -2.23. The fourth-order valence-electron chi connectivity index (χ4n) is 2.72. The Labute approximate surface area is 162 Å². The summed E-state index contributed by atoms with van der Waals surface area (Å²) in [5.41, 5.74) is 3.00. The molecule has 2 N–H and O–H groups in total. The van der Waals surface area contributed by atoms with Gasteiger partial charge in [-0.2, -0.15) is 0 Å². The van der Waals surface area contributed by atoms with Crippen LogP contribution in [0.5, 0.6) is 0 Å². The van der Waals surface area contributed by atoms with Gasteiger partial charge in [0, 0.05) is 24.0 Å². The van der Waals surface area contributed by atoms with Gasteiger partial charge in [-0.3, -0.25) is 14.6 Å². The van der Waals surface area contributed by atoms with Gasteiger partial charge in [-0.05, 0) is 47.9 Å². The number of halogens is 1. The van der Waals surface area contributed by atoms with Crippen LogP contribution in [0.3, 0.4) is 0 Å². The zero-order valence-corrected chi connectivity index (χ0v) is 15.4. The van der Waals surface area contributed by atoms with Crippen molar-refractivity contribution in [2.75, 3.05) is 5.32 Å². The third kappa shape index (κ3) is 4.79. The molecule has 1 heterocycles. The summed E-state index contributed by atoms with van der Waals surface area (Å²) in [5.74, 6) is -1.05. The van der Waals surface area contributed by atoms with Gasteiger partial charge in [0.25, 0.3) is 11.8 Å². The van der Waals surface area contributed by atoms with Gasteiger partial charge in [0.15, 0.2) is 0 Å². The molecule has 3 aromatic rings. The van der Waals surface area contributed by atoms with E-state index in [1.165, 1.54) is 30.5 Å². The summed E-state index contributed by atoms with van der Waals surface area (Å²) >= 11 is 0. The maximum atomic E-state index is 12.9. The second-order valence-electron chi connectivity index (χ2n) is 6.20. The minimum atomic E-state index is -0.380. The average molecular weight is 377 g/mol. The van der Waals surface area contributed by atoms with E-state index in [0.717, 1.165) is 23.2 Å². The molecule has 2 aromatic carbocycles. The summed E-state index contributed by atoms with van der Waals surface area (Å²) in [5, 5.41) is 5.59. The monoisotopic (exact) mass is 377 g/mol. The Balaban J connectivity index is 1.68. The zero-order chi connectivity index (χ0) is 19.9. The summed E-state index contributed by atoms with van der Waals surface area (Å²) in [4.78, 5) is 29.0. The van der Waals surface area contributed by atoms with Crippen molar-refractivity contribution in [3.63, 3.8) is 0 Å². The Morgan fingerprint density at radius 3 is 2.50 bits per heavy atom. The molecular weight excluding hydrogens is 357 g/mol. The van der Waals surface area contributed by atoms with Gasteiger partial charge in [0.1, 0.15) is 11.5 Å². The van der Waals surface area contributed by atoms with E-state index < -0.39 is 0 Å². The number of nitrogens with one attached hydrogen (secondary N) is 2. The molecule has 2 amide bonds. The van der Waals surface area contributed by atoms with Crippen LogP contribution in [-0.4, -0.2) is 16.8 Å². The van der Waals surface area contributed by atoms with E-state index in [1.54, 1.807) is 12.1 Å². The Hall–Kier alpha value is -3.54. The first-order chi connectivity index (χ1) is 13.6. The molecule has 6 heteroatoms. The summed E-state index contributed by atoms with van der Waals surface area (Å²) in [6.07, 6.45) is 2.21. The number of hydrogen-bond donors (Lipinski definition) is 2. The molecule has 0 fully saturated rings. The lowest BCUT2D eigenvalue weighted by atomic mass is 10.1. The van der Waals surface area contributed by atoms with E-state index >= 15 is 0 Å². The number of amides is 2. The highest BCUT2D eigenvalue weighted by Crippen LogP contribution is 2.16. The molecule has 0 saturated carbocycles. The number of anilines is 1. The molecule has 0 aliphatic heterocycles. The average Bonchev–Trinajstić information content (AvgIpc) is 2.73. The van der Waals surface area contributed by atoms with E-state index in [9.17, 15) is 14.0 Å². The van der Waals surface area contributed by atoms with Crippen LogP contribution in [0.4, 0.5) is 10.1 Å². The first kappa shape index (κ1) is 19.2. The number of benzene rings is 2. The topological polar surface area (TPSA) is 71.1 Å². The lowest BCUT2D eigenvalue weighted by Gasteiger charge is -2.10. The quantitative estimate of drug-likeness (QED) is 0.683. The number of carbonyl (C=O) groups is 2. The number of aromatic nitrogens is 1. The summed E-state index contributed by atoms with van der Waals surface area (Å²) in [7, 11) is 0. The van der Waals surface area contributed by atoms with Gasteiger partial charge in [0.05, 0.1) is 0 Å². The molecule has 0 aliphatic carbocycles. The second-order valence-corrected chi connectivity index (χ2v) is 6.20. The normalized spacial score (nSPS) is 10.4. The summed E-state index contributed by atoms with van der Waals surface area (Å²) < 4.78 is 12.9. The molecule has 3 rings (SSSR count). The van der Waals surface area contributed by atoms with Crippen molar-refractivity contribution in [1.82, 2.24) is 10.3 Å². The third-order valence-electron chi connectivity index (χ3n) is 4.27. The van der Waals surface area contributed by atoms with Crippen molar-refractivity contribution in [2.24, 2.45) is 0 Å². The third-order valence-corrected chi connectivity index (χ3v) is 4.27. The van der Waals surface area contributed by atoms with E-state index in [4.69, 9.17) is 0 Å². The molecule has 0 atom stereocenters. The molecule has 1 aromatic heterocycles. The summed E-state index contributed by atoms with van der Waals surface area (Å²) in [6.45, 7) is 2.27. The highest BCUT2D eigenvalue weighted by Gasteiger charge is 2.13. The minimum Gasteiger partial charge on any atom is -0.348 e. The van der Waals surface area contributed by atoms with Crippen molar-refractivity contribution < 1.29 is 14.0 Å². The second kappa shape index (κ2) is 8.90. The maximum absolute atomic E-state index is 12.9. The Kier molecular flexibility index (Phi) is 6.11. The molecule has 28 heavy (non-hydrogen) atoms. The Bertz CT molecular complexity index is 987. The van der Waals surface area contributed by atoms with Gasteiger partial charge in [-0.1, -0.05) is 37.3 Å². The highest BCUT2D eigenvalue weighted by atomic mass is 19.1. The van der Waals surface area contributed by atoms with E-state index in [2.05, 4.69) is 15.6 Å². The predicted molar refractivity (Wildman–Crippen MR) is 106 cm³/mol. The van der Waals surface area contributed by atoms with Crippen LogP contribution in [-0.2, 0) is 13.0 Å². The number of para-hydroxylation sites is 1. The number of hydrogen-bond acceptors (Lipinski definition) is 3. The Morgan fingerprint density at radius 1 is 1.00 bits per heavy atom. The van der Waals surface area contributed by atoms with Crippen LogP contribution in [0, 0.1) is 5.82 Å². The van der Waals surface area contributed by atoms with Crippen molar-refractivity contribution >= 4 is 17.5 Å². The molecular formula is C22H20FN3O2. The van der Waals surface area contributed by atoms with Crippen molar-refractivity contribution in [3.05, 3.63) is 95.1 Å². The molecule has 142 valence electrons. The van der Waals surface area contributed by atoms with Gasteiger partial charge in [0.2, 0.25) is 0 Å². The van der Waals surface area contributed by atoms with Crippen molar-refractivity contribution in [2.45, 2.75) is 19.9 Å². The lowest BCUT2D eigenvalue weighted by molar-refractivity contribution is 0.0951. The molecule has 0 aliphatic rings. The number of pyridine rings is 1. The van der Waals surface area contributed by atoms with E-state index in [-0.39, 0.29) is 29.9 Å². The van der Waals surface area contributed by atoms with Crippen LogP contribution < -0.4 is 10.6 Å². The number of nitrogens with zero attached hydrogens (tertiary/aromatic N) is 1. The van der Waals surface area contributed by atoms with Gasteiger partial charge >= 0.3 is 0 Å². The zero-order valence-electron chi connectivity index (χ0n) is 15.4. The molecule has 0 saturated heterocycles. The maximum Gasteiger partial charge on any atom is 0.274 e. The van der Waals surface area contributed by atoms with Crippen LogP contribution in [0.25, 0.3) is 0 Å². The van der Waals surface area contributed by atoms with E-state index in [0.29, 0.717) is 5.56 Å². The molecule has 0 radical (unpaired) electrons. The van der Waals surface area contributed by atoms with Crippen molar-refractivity contribution in [3.8, 4) is 0 Å². The number of carbonyl (C=O) groups excluding carboxylic acids is 2. The molecule has 0 bridgehead atoms. The molecule has 5 nitrogen and oxygen atoms in total. The van der Waals surface area contributed by atoms with Crippen LogP contribution in [0.2, 0.25) is 0 Å². The first-order valence-corrected chi connectivity index (χ1v) is 8.94. The van der Waals surface area contributed by atoms with Crippen LogP contribution >= 0.6 is 0 Å². The van der Waals surface area contributed by atoms with Gasteiger partial charge in [-0.25, -0.2) is 4.39 Å². The predicted octanol–water partition coefficient (Wildman–Crippen LogP) is 3.97. The van der Waals surface area contributed by atoms with Crippen molar-refractivity contribution in [1.29, 1.82) is 0 Å². The number of rotatable bonds is 6. The molecule has 0 unspecified atom stereocenters. The molecule has 0 spiro atoms. The Morgan fingerprint density at radius 2 is 1.75 bits per heavy atom. The largest absolute Gasteiger partial charge is 0.348 e. The standard InChI is InChI=1S/C22H20FN3O2/c1-2-16-5-3-4-6-19(16)26-22(28)20-13-17(11-12-24-20)21(27)25-14-15-7-9-18(23)10-8-15/h3-13H,2,14H2,1H3,(H,25,27)(H,26,28). The smallest absolute Gasteiger partial charge is 0.274 e. The summed E-state index contributed by atoms with van der Waals surface area (Å²) in [6, 6.07) is 16.4. The van der Waals surface area contributed by atoms with Gasteiger partial charge in [-0.15, -0.1) is 0 Å². The van der Waals surface area contributed by atoms with Crippen LogP contribution in [0.15, 0.2) is 66.9 Å². The van der Waals surface area contributed by atoms with E-state index in [1.807, 2.05) is 31.2 Å². The fourth-order valence-corrected chi connectivity index (χ4v) is 2.72. The van der Waals surface area contributed by atoms with Gasteiger partial charge < -0.3 is 10.6 Å². The SMILES string of the molecule is CCc1ccccc1NC(=O)c1cc(C(=O)NCc2ccc(F)cc2)ccn1. The fraction of sp³-hybridized carbons (Fsp3) is 0.136. The van der Waals surface area contributed by atoms with Crippen LogP contribution in [0.1, 0.15) is 38.9 Å².